The van der Waals surface area contributed by atoms with Gasteiger partial charge in [-0.15, -0.1) is 0 Å². The van der Waals surface area contributed by atoms with E-state index < -0.39 is 9.84 Å². The van der Waals surface area contributed by atoms with Crippen molar-refractivity contribution < 1.29 is 13.2 Å². The van der Waals surface area contributed by atoms with Gasteiger partial charge in [-0.3, -0.25) is 0 Å². The summed E-state index contributed by atoms with van der Waals surface area (Å²) in [6.45, 7) is 2.01. The minimum Gasteiger partial charge on any atom is -0.492 e. The van der Waals surface area contributed by atoms with Crippen molar-refractivity contribution in [2.75, 3.05) is 18.1 Å². The molecule has 0 saturated carbocycles. The molecule has 0 amide bonds. The van der Waals surface area contributed by atoms with Gasteiger partial charge in [0.25, 0.3) is 0 Å². The molecule has 0 saturated heterocycles. The Morgan fingerprint density at radius 3 is 2.62 bits per heavy atom. The molecule has 0 atom stereocenters. The van der Waals surface area contributed by atoms with Crippen LogP contribution in [0.15, 0.2) is 24.3 Å². The van der Waals surface area contributed by atoms with Crippen LogP contribution in [0.4, 0.5) is 0 Å². The van der Waals surface area contributed by atoms with E-state index in [0.717, 1.165) is 0 Å². The van der Waals surface area contributed by atoms with E-state index in [4.69, 9.17) is 16.3 Å². The van der Waals surface area contributed by atoms with Crippen molar-refractivity contribution in [3.8, 4) is 5.75 Å². The maximum atomic E-state index is 11.2. The predicted molar refractivity (Wildman–Crippen MR) is 65.9 cm³/mol. The van der Waals surface area contributed by atoms with Crippen LogP contribution < -0.4 is 4.74 Å². The van der Waals surface area contributed by atoms with Gasteiger partial charge in [-0.2, -0.15) is 0 Å². The van der Waals surface area contributed by atoms with E-state index in [2.05, 4.69) is 0 Å². The summed E-state index contributed by atoms with van der Waals surface area (Å²) >= 11 is 5.88. The number of rotatable bonds is 6. The molecule has 0 aliphatic heterocycles. The lowest BCUT2D eigenvalue weighted by atomic mass is 10.3. The van der Waals surface area contributed by atoms with Crippen LogP contribution in [0.5, 0.6) is 5.75 Å². The molecule has 0 aliphatic rings. The second kappa shape index (κ2) is 6.11. The number of sulfone groups is 1. The van der Waals surface area contributed by atoms with E-state index in [1.807, 2.05) is 12.1 Å². The third-order valence-electron chi connectivity index (χ3n) is 2.13. The molecule has 1 aromatic rings. The lowest BCUT2D eigenvalue weighted by molar-refractivity contribution is 0.318. The Kier molecular flexibility index (Phi) is 5.09. The van der Waals surface area contributed by atoms with E-state index in [0.29, 0.717) is 23.8 Å². The molecule has 1 rings (SSSR count). The van der Waals surface area contributed by atoms with Crippen molar-refractivity contribution in [1.82, 2.24) is 0 Å². The van der Waals surface area contributed by atoms with Crippen molar-refractivity contribution in [3.63, 3.8) is 0 Å². The molecule has 0 fully saturated rings. The number of benzene rings is 1. The Morgan fingerprint density at radius 1 is 1.31 bits per heavy atom. The zero-order chi connectivity index (χ0) is 12.0. The Hall–Kier alpha value is -0.740. The first-order valence-corrected chi connectivity index (χ1v) is 7.33. The summed E-state index contributed by atoms with van der Waals surface area (Å²) in [6, 6.07) is 7.14. The first-order valence-electron chi connectivity index (χ1n) is 5.13. The summed E-state index contributed by atoms with van der Waals surface area (Å²) in [5.74, 6) is 0.936. The minimum atomic E-state index is -2.90. The quantitative estimate of drug-likeness (QED) is 0.740. The van der Waals surface area contributed by atoms with Crippen molar-refractivity contribution >= 4 is 21.4 Å². The molecule has 0 aromatic heterocycles. The van der Waals surface area contributed by atoms with Crippen molar-refractivity contribution in [2.45, 2.75) is 13.3 Å². The summed E-state index contributed by atoms with van der Waals surface area (Å²) < 4.78 is 27.8. The number of hydrogen-bond acceptors (Lipinski definition) is 3. The molecule has 0 bridgehead atoms. The van der Waals surface area contributed by atoms with Crippen molar-refractivity contribution in [1.29, 1.82) is 0 Å². The van der Waals surface area contributed by atoms with Gasteiger partial charge in [0.15, 0.2) is 0 Å². The van der Waals surface area contributed by atoms with E-state index >= 15 is 0 Å². The van der Waals surface area contributed by atoms with Gasteiger partial charge in [-0.25, -0.2) is 8.42 Å². The molecule has 5 heteroatoms. The van der Waals surface area contributed by atoms with Crippen LogP contribution in [0, 0.1) is 0 Å². The fourth-order valence-corrected chi connectivity index (χ4v) is 2.20. The van der Waals surface area contributed by atoms with Gasteiger partial charge in [0.1, 0.15) is 15.6 Å². The molecule has 0 N–H and O–H groups in total. The summed E-state index contributed by atoms with van der Waals surface area (Å²) in [4.78, 5) is 0. The van der Waals surface area contributed by atoms with Gasteiger partial charge in [-0.1, -0.05) is 30.7 Å². The summed E-state index contributed by atoms with van der Waals surface area (Å²) in [5, 5.41) is 0.542. The Balaban J connectivity index is 2.35. The lowest BCUT2D eigenvalue weighted by Gasteiger charge is -2.07. The SMILES string of the molecule is CCS(=O)(=O)CCCOc1ccccc1Cl. The highest BCUT2D eigenvalue weighted by atomic mass is 35.5. The second-order valence-corrected chi connectivity index (χ2v) is 6.25. The van der Waals surface area contributed by atoms with Gasteiger partial charge in [-0.05, 0) is 18.6 Å². The van der Waals surface area contributed by atoms with E-state index in [1.54, 1.807) is 19.1 Å². The van der Waals surface area contributed by atoms with Gasteiger partial charge in [0, 0.05) is 5.75 Å². The van der Waals surface area contributed by atoms with Crippen molar-refractivity contribution in [2.24, 2.45) is 0 Å². The highest BCUT2D eigenvalue weighted by molar-refractivity contribution is 7.91. The highest BCUT2D eigenvalue weighted by Crippen LogP contribution is 2.23. The number of para-hydroxylation sites is 1. The van der Waals surface area contributed by atoms with E-state index in [-0.39, 0.29) is 11.5 Å². The molecule has 90 valence electrons. The molecule has 3 nitrogen and oxygen atoms in total. The van der Waals surface area contributed by atoms with Crippen LogP contribution in [0.3, 0.4) is 0 Å². The Morgan fingerprint density at radius 2 is 2.00 bits per heavy atom. The molecule has 0 radical (unpaired) electrons. The van der Waals surface area contributed by atoms with E-state index in [9.17, 15) is 8.42 Å². The lowest BCUT2D eigenvalue weighted by Crippen LogP contribution is -2.11. The zero-order valence-corrected chi connectivity index (χ0v) is 10.7. The molecular formula is C11H15ClO3S. The predicted octanol–water partition coefficient (Wildman–Crippen LogP) is 2.54. The average molecular weight is 263 g/mol. The topological polar surface area (TPSA) is 43.4 Å². The van der Waals surface area contributed by atoms with Crippen LogP contribution >= 0.6 is 11.6 Å². The van der Waals surface area contributed by atoms with E-state index in [1.165, 1.54) is 0 Å². The molecule has 0 heterocycles. The van der Waals surface area contributed by atoms with Gasteiger partial charge in [0.05, 0.1) is 17.4 Å². The molecule has 16 heavy (non-hydrogen) atoms. The Bertz CT molecular complexity index is 429. The maximum Gasteiger partial charge on any atom is 0.150 e. The molecule has 1 aromatic carbocycles. The molecule has 0 aliphatic carbocycles. The second-order valence-electron chi connectivity index (χ2n) is 3.37. The monoisotopic (exact) mass is 262 g/mol. The van der Waals surface area contributed by atoms with Crippen LogP contribution in [0.1, 0.15) is 13.3 Å². The Labute approximate surface area is 101 Å². The standard InChI is InChI=1S/C11H15ClO3S/c1-2-16(13,14)9-5-8-15-11-7-4-3-6-10(11)12/h3-4,6-7H,2,5,8-9H2,1H3. The molecule has 0 unspecified atom stereocenters. The van der Waals surface area contributed by atoms with Gasteiger partial charge in [0.2, 0.25) is 0 Å². The van der Waals surface area contributed by atoms with Gasteiger partial charge < -0.3 is 4.74 Å². The smallest absolute Gasteiger partial charge is 0.150 e. The van der Waals surface area contributed by atoms with Crippen LogP contribution in [0.2, 0.25) is 5.02 Å². The summed E-state index contributed by atoms with van der Waals surface area (Å²) in [7, 11) is -2.90. The van der Waals surface area contributed by atoms with Crippen LogP contribution in [-0.4, -0.2) is 26.5 Å². The number of hydrogen-bond donors (Lipinski definition) is 0. The zero-order valence-electron chi connectivity index (χ0n) is 9.15. The molecular weight excluding hydrogens is 248 g/mol. The fraction of sp³-hybridized carbons (Fsp3) is 0.455. The first-order chi connectivity index (χ1) is 7.55. The summed E-state index contributed by atoms with van der Waals surface area (Å²) in [5.41, 5.74) is 0. The molecule has 0 spiro atoms. The van der Waals surface area contributed by atoms with Gasteiger partial charge >= 0.3 is 0 Å². The first kappa shape index (κ1) is 13.3. The normalized spacial score (nSPS) is 11.4. The van der Waals surface area contributed by atoms with Crippen LogP contribution in [-0.2, 0) is 9.84 Å². The highest BCUT2D eigenvalue weighted by Gasteiger charge is 2.07. The largest absolute Gasteiger partial charge is 0.492 e. The number of ether oxygens (including phenoxy) is 1. The van der Waals surface area contributed by atoms with Crippen LogP contribution in [0.25, 0.3) is 0 Å². The third-order valence-corrected chi connectivity index (χ3v) is 4.24. The van der Waals surface area contributed by atoms with Crippen molar-refractivity contribution in [3.05, 3.63) is 29.3 Å². The number of halogens is 1. The average Bonchev–Trinajstić information content (AvgIpc) is 2.27. The third kappa shape index (κ3) is 4.41. The fourth-order valence-electron chi connectivity index (χ4n) is 1.17. The minimum absolute atomic E-state index is 0.161. The maximum absolute atomic E-state index is 11.2. The summed E-state index contributed by atoms with van der Waals surface area (Å²) in [6.07, 6.45) is 0.487.